The molecule has 0 bridgehead atoms. The lowest BCUT2D eigenvalue weighted by Gasteiger charge is -2.06. The molecule has 1 aromatic carbocycles. The summed E-state index contributed by atoms with van der Waals surface area (Å²) in [6.07, 6.45) is 3.95. The molecule has 1 heterocycles. The van der Waals surface area contributed by atoms with E-state index in [2.05, 4.69) is 64.1 Å². The molecule has 0 aliphatic carbocycles. The average molecular weight is 312 g/mol. The van der Waals surface area contributed by atoms with Crippen LogP contribution in [0.15, 0.2) is 36.7 Å². The minimum Gasteiger partial charge on any atom is -0.381 e. The third-order valence-electron chi connectivity index (χ3n) is 2.33. The minimum atomic E-state index is 0.864. The van der Waals surface area contributed by atoms with E-state index in [-0.39, 0.29) is 0 Å². The van der Waals surface area contributed by atoms with E-state index >= 15 is 0 Å². The molecule has 0 saturated heterocycles. The maximum absolute atomic E-state index is 3.39. The molecule has 0 atom stereocenters. The summed E-state index contributed by atoms with van der Waals surface area (Å²) in [6, 6.07) is 8.50. The lowest BCUT2D eigenvalue weighted by atomic mass is 10.2. The van der Waals surface area contributed by atoms with Crippen LogP contribution in [0.4, 0.5) is 5.69 Å². The molecule has 3 heteroatoms. The number of aromatic amines is 1. The molecule has 0 saturated carbocycles. The van der Waals surface area contributed by atoms with Crippen LogP contribution in [0.1, 0.15) is 11.1 Å². The molecule has 0 amide bonds. The van der Waals surface area contributed by atoms with Crippen LogP contribution in [0, 0.1) is 10.5 Å². The highest BCUT2D eigenvalue weighted by molar-refractivity contribution is 14.1. The van der Waals surface area contributed by atoms with Crippen molar-refractivity contribution in [2.24, 2.45) is 0 Å². The highest BCUT2D eigenvalue weighted by atomic mass is 127. The molecule has 2 aromatic rings. The van der Waals surface area contributed by atoms with Crippen LogP contribution in [0.5, 0.6) is 0 Å². The molecule has 2 N–H and O–H groups in total. The summed E-state index contributed by atoms with van der Waals surface area (Å²) in [5.74, 6) is 0. The van der Waals surface area contributed by atoms with Crippen LogP contribution in [0.3, 0.4) is 0 Å². The summed E-state index contributed by atoms with van der Waals surface area (Å²) in [6.45, 7) is 2.99. The van der Waals surface area contributed by atoms with Gasteiger partial charge in [-0.1, -0.05) is 6.07 Å². The Morgan fingerprint density at radius 3 is 2.87 bits per heavy atom. The Labute approximate surface area is 103 Å². The summed E-state index contributed by atoms with van der Waals surface area (Å²) >= 11 is 2.36. The Morgan fingerprint density at radius 1 is 1.33 bits per heavy atom. The summed E-state index contributed by atoms with van der Waals surface area (Å²) in [7, 11) is 0. The number of H-pyrrole nitrogens is 1. The standard InChI is InChI=1S/C12H13IN2/c1-9-2-3-11(6-12(9)13)15-8-10-4-5-14-7-10/h2-7,14-15H,8H2,1H3. The van der Waals surface area contributed by atoms with E-state index < -0.39 is 0 Å². The van der Waals surface area contributed by atoms with E-state index in [1.54, 1.807) is 0 Å². The number of benzene rings is 1. The highest BCUT2D eigenvalue weighted by Gasteiger charge is 1.97. The summed E-state index contributed by atoms with van der Waals surface area (Å²) in [4.78, 5) is 3.05. The van der Waals surface area contributed by atoms with Crippen molar-refractivity contribution in [2.45, 2.75) is 13.5 Å². The fourth-order valence-electron chi connectivity index (χ4n) is 1.38. The molecule has 0 unspecified atom stereocenters. The molecule has 0 fully saturated rings. The molecule has 2 nitrogen and oxygen atoms in total. The number of hydrogen-bond donors (Lipinski definition) is 2. The molecule has 0 aliphatic rings. The molecule has 0 radical (unpaired) electrons. The normalized spacial score (nSPS) is 10.3. The molecule has 15 heavy (non-hydrogen) atoms. The molecular formula is C12H13IN2. The number of anilines is 1. The van der Waals surface area contributed by atoms with E-state index in [0.717, 1.165) is 6.54 Å². The fraction of sp³-hybridized carbons (Fsp3) is 0.167. The molecule has 1 aromatic heterocycles. The van der Waals surface area contributed by atoms with Gasteiger partial charge in [-0.3, -0.25) is 0 Å². The van der Waals surface area contributed by atoms with Crippen molar-refractivity contribution in [3.8, 4) is 0 Å². The maximum atomic E-state index is 3.39. The minimum absolute atomic E-state index is 0.864. The number of rotatable bonds is 3. The SMILES string of the molecule is Cc1ccc(NCc2cc[nH]c2)cc1I. The second-order valence-corrected chi connectivity index (χ2v) is 4.70. The van der Waals surface area contributed by atoms with Gasteiger partial charge in [0.25, 0.3) is 0 Å². The van der Waals surface area contributed by atoms with Crippen LogP contribution >= 0.6 is 22.6 Å². The van der Waals surface area contributed by atoms with Crippen molar-refractivity contribution in [1.29, 1.82) is 0 Å². The van der Waals surface area contributed by atoms with Crippen molar-refractivity contribution in [2.75, 3.05) is 5.32 Å². The van der Waals surface area contributed by atoms with Crippen LogP contribution in [-0.4, -0.2) is 4.98 Å². The molecule has 0 spiro atoms. The maximum Gasteiger partial charge on any atom is 0.0415 e. The third kappa shape index (κ3) is 2.75. The fourth-order valence-corrected chi connectivity index (χ4v) is 1.89. The quantitative estimate of drug-likeness (QED) is 0.834. The Bertz CT molecular complexity index is 435. The number of aromatic nitrogens is 1. The number of aryl methyl sites for hydroxylation is 1. The van der Waals surface area contributed by atoms with Gasteiger partial charge in [0.15, 0.2) is 0 Å². The first-order chi connectivity index (χ1) is 7.25. The van der Waals surface area contributed by atoms with Gasteiger partial charge in [-0.15, -0.1) is 0 Å². The second kappa shape index (κ2) is 4.70. The van der Waals surface area contributed by atoms with Gasteiger partial charge in [-0.2, -0.15) is 0 Å². The van der Waals surface area contributed by atoms with Gasteiger partial charge < -0.3 is 10.3 Å². The summed E-state index contributed by atoms with van der Waals surface area (Å²) < 4.78 is 1.30. The predicted molar refractivity (Wildman–Crippen MR) is 72.0 cm³/mol. The largest absolute Gasteiger partial charge is 0.381 e. The number of hydrogen-bond acceptors (Lipinski definition) is 1. The molecule has 2 rings (SSSR count). The van der Waals surface area contributed by atoms with Crippen LogP contribution in [0.25, 0.3) is 0 Å². The Morgan fingerprint density at radius 2 is 2.20 bits per heavy atom. The van der Waals surface area contributed by atoms with Gasteiger partial charge in [0.05, 0.1) is 0 Å². The second-order valence-electron chi connectivity index (χ2n) is 3.54. The molecular weight excluding hydrogens is 299 g/mol. The third-order valence-corrected chi connectivity index (χ3v) is 3.49. The van der Waals surface area contributed by atoms with Gasteiger partial charge in [-0.05, 0) is 58.8 Å². The zero-order chi connectivity index (χ0) is 10.7. The van der Waals surface area contributed by atoms with E-state index in [1.165, 1.54) is 20.4 Å². The average Bonchev–Trinajstić information content (AvgIpc) is 2.73. The first-order valence-electron chi connectivity index (χ1n) is 4.87. The molecule has 0 aliphatic heterocycles. The van der Waals surface area contributed by atoms with Gasteiger partial charge >= 0.3 is 0 Å². The van der Waals surface area contributed by atoms with E-state index in [9.17, 15) is 0 Å². The lowest BCUT2D eigenvalue weighted by molar-refractivity contribution is 1.15. The first kappa shape index (κ1) is 10.5. The topological polar surface area (TPSA) is 27.8 Å². The van der Waals surface area contributed by atoms with Crippen LogP contribution in [-0.2, 0) is 6.54 Å². The summed E-state index contributed by atoms with van der Waals surface area (Å²) in [5.41, 5.74) is 3.76. The van der Waals surface area contributed by atoms with Gasteiger partial charge in [0.2, 0.25) is 0 Å². The Hall–Kier alpha value is -0.970. The van der Waals surface area contributed by atoms with Crippen molar-refractivity contribution in [1.82, 2.24) is 4.98 Å². The van der Waals surface area contributed by atoms with Gasteiger partial charge in [0.1, 0.15) is 0 Å². The van der Waals surface area contributed by atoms with E-state index in [1.807, 2.05) is 12.4 Å². The van der Waals surface area contributed by atoms with Crippen molar-refractivity contribution < 1.29 is 0 Å². The van der Waals surface area contributed by atoms with Crippen molar-refractivity contribution in [3.63, 3.8) is 0 Å². The first-order valence-corrected chi connectivity index (χ1v) is 5.95. The van der Waals surface area contributed by atoms with Crippen molar-refractivity contribution in [3.05, 3.63) is 51.4 Å². The van der Waals surface area contributed by atoms with Gasteiger partial charge in [-0.25, -0.2) is 0 Å². The van der Waals surface area contributed by atoms with E-state index in [0.29, 0.717) is 0 Å². The monoisotopic (exact) mass is 312 g/mol. The Kier molecular flexibility index (Phi) is 3.30. The zero-order valence-electron chi connectivity index (χ0n) is 8.55. The van der Waals surface area contributed by atoms with Crippen LogP contribution < -0.4 is 5.32 Å². The number of halogens is 1. The lowest BCUT2D eigenvalue weighted by Crippen LogP contribution is -1.98. The van der Waals surface area contributed by atoms with Crippen molar-refractivity contribution >= 4 is 28.3 Å². The zero-order valence-corrected chi connectivity index (χ0v) is 10.7. The predicted octanol–water partition coefficient (Wildman–Crippen LogP) is 3.54. The highest BCUT2D eigenvalue weighted by Crippen LogP contribution is 2.17. The Balaban J connectivity index is 2.02. The van der Waals surface area contributed by atoms with E-state index in [4.69, 9.17) is 0 Å². The van der Waals surface area contributed by atoms with Crippen LogP contribution in [0.2, 0.25) is 0 Å². The van der Waals surface area contributed by atoms with Gasteiger partial charge in [0, 0.05) is 28.2 Å². The summed E-state index contributed by atoms with van der Waals surface area (Å²) in [5, 5.41) is 3.39. The smallest absolute Gasteiger partial charge is 0.0415 e. The number of nitrogens with one attached hydrogen (secondary N) is 2. The molecule has 78 valence electrons.